The minimum Gasteiger partial charge on any atom is -0.383 e. The highest BCUT2D eigenvalue weighted by atomic mass is 15.3. The molecule has 1 fully saturated rings. The number of piperazine rings is 1. The molecule has 1 aromatic carbocycles. The Morgan fingerprint density at radius 3 is 2.11 bits per heavy atom. The lowest BCUT2D eigenvalue weighted by Gasteiger charge is -2.39. The molecule has 0 radical (unpaired) electrons. The maximum atomic E-state index is 3.52. The van der Waals surface area contributed by atoms with Gasteiger partial charge in [0.25, 0.3) is 0 Å². The molecular formula is C16H27N3. The summed E-state index contributed by atoms with van der Waals surface area (Å²) in [6.45, 7) is 12.7. The van der Waals surface area contributed by atoms with Crippen LogP contribution in [0.25, 0.3) is 0 Å². The third-order valence-corrected chi connectivity index (χ3v) is 4.08. The third-order valence-electron chi connectivity index (χ3n) is 4.08. The van der Waals surface area contributed by atoms with Gasteiger partial charge in [-0.1, -0.05) is 18.2 Å². The first-order valence-corrected chi connectivity index (χ1v) is 7.44. The summed E-state index contributed by atoms with van der Waals surface area (Å²) >= 11 is 0. The van der Waals surface area contributed by atoms with Gasteiger partial charge in [0.1, 0.15) is 0 Å². The summed E-state index contributed by atoms with van der Waals surface area (Å²) in [7, 11) is 0. The van der Waals surface area contributed by atoms with Gasteiger partial charge in [0.2, 0.25) is 0 Å². The first-order valence-electron chi connectivity index (χ1n) is 7.44. The van der Waals surface area contributed by atoms with Crippen LogP contribution < -0.4 is 5.32 Å². The van der Waals surface area contributed by atoms with Gasteiger partial charge >= 0.3 is 0 Å². The smallest absolute Gasteiger partial charge is 0.0340 e. The van der Waals surface area contributed by atoms with E-state index in [1.54, 1.807) is 0 Å². The van der Waals surface area contributed by atoms with E-state index in [4.69, 9.17) is 0 Å². The Balaban J connectivity index is 1.74. The molecule has 0 saturated carbocycles. The van der Waals surface area contributed by atoms with Crippen molar-refractivity contribution in [3.8, 4) is 0 Å². The quantitative estimate of drug-likeness (QED) is 0.878. The summed E-state index contributed by atoms with van der Waals surface area (Å²) in [5.41, 5.74) is 1.22. The molecule has 1 aliphatic heterocycles. The molecule has 0 bridgehead atoms. The summed E-state index contributed by atoms with van der Waals surface area (Å²) in [5.74, 6) is 0. The summed E-state index contributed by atoms with van der Waals surface area (Å²) in [5, 5.41) is 3.52. The molecule has 3 heteroatoms. The van der Waals surface area contributed by atoms with Gasteiger partial charge in [-0.05, 0) is 32.9 Å². The largest absolute Gasteiger partial charge is 0.383 e. The molecule has 1 unspecified atom stereocenters. The molecule has 19 heavy (non-hydrogen) atoms. The summed E-state index contributed by atoms with van der Waals surface area (Å²) in [6, 6.07) is 11.7. The molecule has 1 aromatic rings. The van der Waals surface area contributed by atoms with Gasteiger partial charge < -0.3 is 5.32 Å². The Hall–Kier alpha value is -1.06. The lowest BCUT2D eigenvalue weighted by molar-refractivity contribution is 0.0870. The van der Waals surface area contributed by atoms with Crippen LogP contribution in [-0.4, -0.2) is 54.6 Å². The molecular weight excluding hydrogens is 234 g/mol. The maximum Gasteiger partial charge on any atom is 0.0340 e. The number of hydrogen-bond donors (Lipinski definition) is 1. The van der Waals surface area contributed by atoms with E-state index in [1.807, 2.05) is 0 Å². The van der Waals surface area contributed by atoms with Gasteiger partial charge in [-0.3, -0.25) is 9.80 Å². The van der Waals surface area contributed by atoms with Crippen LogP contribution in [0.4, 0.5) is 5.69 Å². The second-order valence-electron chi connectivity index (χ2n) is 5.76. The fourth-order valence-corrected chi connectivity index (χ4v) is 2.65. The van der Waals surface area contributed by atoms with E-state index in [0.29, 0.717) is 12.1 Å². The molecule has 2 rings (SSSR count). The average molecular weight is 261 g/mol. The highest BCUT2D eigenvalue weighted by molar-refractivity contribution is 5.42. The number of hydrogen-bond acceptors (Lipinski definition) is 3. The van der Waals surface area contributed by atoms with Crippen LogP contribution in [0.2, 0.25) is 0 Å². The van der Waals surface area contributed by atoms with Crippen LogP contribution in [0.15, 0.2) is 30.3 Å². The Morgan fingerprint density at radius 2 is 1.53 bits per heavy atom. The zero-order valence-electron chi connectivity index (χ0n) is 12.5. The predicted octanol–water partition coefficient (Wildman–Crippen LogP) is 2.51. The van der Waals surface area contributed by atoms with Crippen molar-refractivity contribution in [1.29, 1.82) is 0 Å². The minimum atomic E-state index is 0.592. The van der Waals surface area contributed by atoms with E-state index < -0.39 is 0 Å². The second-order valence-corrected chi connectivity index (χ2v) is 5.76. The van der Waals surface area contributed by atoms with Crippen molar-refractivity contribution in [2.24, 2.45) is 0 Å². The number of nitrogens with zero attached hydrogens (tertiary/aromatic N) is 2. The molecule has 1 heterocycles. The standard InChI is InChI=1S/C16H27N3/c1-14(2)18-9-11-19(12-10-18)15(3)13-17-16-7-5-4-6-8-16/h4-8,14-15,17H,9-13H2,1-3H3. The molecule has 1 N–H and O–H groups in total. The first-order chi connectivity index (χ1) is 9.16. The maximum absolute atomic E-state index is 3.52. The van der Waals surface area contributed by atoms with Gasteiger partial charge in [-0.2, -0.15) is 0 Å². The number of anilines is 1. The van der Waals surface area contributed by atoms with Crippen molar-refractivity contribution in [2.75, 3.05) is 38.0 Å². The lowest BCUT2D eigenvalue weighted by Crippen LogP contribution is -2.52. The van der Waals surface area contributed by atoms with E-state index >= 15 is 0 Å². The Bertz CT molecular complexity index is 356. The Labute approximate surface area is 117 Å². The van der Waals surface area contributed by atoms with Crippen LogP contribution in [-0.2, 0) is 0 Å². The predicted molar refractivity (Wildman–Crippen MR) is 82.7 cm³/mol. The summed E-state index contributed by atoms with van der Waals surface area (Å²) in [4.78, 5) is 5.16. The van der Waals surface area contributed by atoms with Crippen LogP contribution in [0.5, 0.6) is 0 Å². The van der Waals surface area contributed by atoms with Gasteiger partial charge in [0.05, 0.1) is 0 Å². The first kappa shape index (κ1) is 14.4. The molecule has 1 saturated heterocycles. The van der Waals surface area contributed by atoms with Crippen molar-refractivity contribution in [3.05, 3.63) is 30.3 Å². The van der Waals surface area contributed by atoms with Crippen molar-refractivity contribution < 1.29 is 0 Å². The molecule has 106 valence electrons. The normalized spacial score (nSPS) is 19.6. The van der Waals surface area contributed by atoms with Crippen molar-refractivity contribution >= 4 is 5.69 Å². The Morgan fingerprint density at radius 1 is 0.947 bits per heavy atom. The van der Waals surface area contributed by atoms with Crippen LogP contribution >= 0.6 is 0 Å². The number of nitrogens with one attached hydrogen (secondary N) is 1. The van der Waals surface area contributed by atoms with Crippen LogP contribution in [0.1, 0.15) is 20.8 Å². The van der Waals surface area contributed by atoms with E-state index in [-0.39, 0.29) is 0 Å². The second kappa shape index (κ2) is 6.92. The summed E-state index contributed by atoms with van der Waals surface area (Å²) in [6.07, 6.45) is 0. The topological polar surface area (TPSA) is 18.5 Å². The fraction of sp³-hybridized carbons (Fsp3) is 0.625. The number of para-hydroxylation sites is 1. The van der Waals surface area contributed by atoms with Gasteiger partial charge in [0.15, 0.2) is 0 Å². The lowest BCUT2D eigenvalue weighted by atomic mass is 10.2. The van der Waals surface area contributed by atoms with Crippen LogP contribution in [0, 0.1) is 0 Å². The zero-order chi connectivity index (χ0) is 13.7. The molecule has 0 aromatic heterocycles. The monoisotopic (exact) mass is 261 g/mol. The molecule has 0 spiro atoms. The molecule has 0 aliphatic carbocycles. The highest BCUT2D eigenvalue weighted by Gasteiger charge is 2.21. The van der Waals surface area contributed by atoms with E-state index in [2.05, 4.69) is 66.2 Å². The molecule has 0 amide bonds. The zero-order valence-corrected chi connectivity index (χ0v) is 12.5. The highest BCUT2D eigenvalue weighted by Crippen LogP contribution is 2.11. The number of rotatable bonds is 5. The average Bonchev–Trinajstić information content (AvgIpc) is 2.46. The van der Waals surface area contributed by atoms with Crippen LogP contribution in [0.3, 0.4) is 0 Å². The van der Waals surface area contributed by atoms with Crippen molar-refractivity contribution in [1.82, 2.24) is 9.80 Å². The minimum absolute atomic E-state index is 0.592. The summed E-state index contributed by atoms with van der Waals surface area (Å²) < 4.78 is 0. The van der Waals surface area contributed by atoms with Crippen molar-refractivity contribution in [3.63, 3.8) is 0 Å². The molecule has 1 aliphatic rings. The van der Waals surface area contributed by atoms with Gasteiger partial charge in [-0.25, -0.2) is 0 Å². The SMILES string of the molecule is CC(C)N1CCN(C(C)CNc2ccccc2)CC1. The van der Waals surface area contributed by atoms with Crippen molar-refractivity contribution in [2.45, 2.75) is 32.9 Å². The van der Waals surface area contributed by atoms with E-state index in [0.717, 1.165) is 6.54 Å². The van der Waals surface area contributed by atoms with Gasteiger partial charge in [-0.15, -0.1) is 0 Å². The Kier molecular flexibility index (Phi) is 5.23. The molecule has 1 atom stereocenters. The molecule has 3 nitrogen and oxygen atoms in total. The van der Waals surface area contributed by atoms with Gasteiger partial charge in [0, 0.05) is 50.5 Å². The van der Waals surface area contributed by atoms with E-state index in [9.17, 15) is 0 Å². The number of benzene rings is 1. The fourth-order valence-electron chi connectivity index (χ4n) is 2.65. The third kappa shape index (κ3) is 4.22. The van der Waals surface area contributed by atoms with E-state index in [1.165, 1.54) is 31.9 Å².